The summed E-state index contributed by atoms with van der Waals surface area (Å²) in [4.78, 5) is 11.5. The standard InChI is InChI=1S/C17H16ClIO3/c1-3-17(20)22-16-6-4-5-15(19)13(16)10-21-12-8-7-11(2)14(18)9-12/h4-9H,3,10H2,1-2H3. The van der Waals surface area contributed by atoms with E-state index in [1.54, 1.807) is 19.1 Å². The molecule has 0 fully saturated rings. The minimum atomic E-state index is -0.262. The van der Waals surface area contributed by atoms with Crippen LogP contribution in [-0.4, -0.2) is 5.97 Å². The fourth-order valence-electron chi connectivity index (χ4n) is 1.79. The third-order valence-corrected chi connectivity index (χ3v) is 4.53. The lowest BCUT2D eigenvalue weighted by atomic mass is 10.2. The SMILES string of the molecule is CCC(=O)Oc1cccc(I)c1COc1ccc(C)c(Cl)c1. The van der Waals surface area contributed by atoms with Gasteiger partial charge < -0.3 is 9.47 Å². The molecule has 0 saturated heterocycles. The smallest absolute Gasteiger partial charge is 0.310 e. The fourth-order valence-corrected chi connectivity index (χ4v) is 2.59. The van der Waals surface area contributed by atoms with Crippen molar-refractivity contribution in [2.24, 2.45) is 0 Å². The molecule has 0 aliphatic rings. The topological polar surface area (TPSA) is 35.5 Å². The first-order valence-electron chi connectivity index (χ1n) is 6.88. The lowest BCUT2D eigenvalue weighted by Gasteiger charge is -2.13. The molecular weight excluding hydrogens is 415 g/mol. The highest BCUT2D eigenvalue weighted by Gasteiger charge is 2.12. The summed E-state index contributed by atoms with van der Waals surface area (Å²) >= 11 is 8.30. The van der Waals surface area contributed by atoms with Crippen molar-refractivity contribution in [2.45, 2.75) is 26.9 Å². The molecule has 0 atom stereocenters. The molecule has 0 saturated carbocycles. The highest BCUT2D eigenvalue weighted by atomic mass is 127. The highest BCUT2D eigenvalue weighted by molar-refractivity contribution is 14.1. The Morgan fingerprint density at radius 1 is 1.27 bits per heavy atom. The summed E-state index contributed by atoms with van der Waals surface area (Å²) in [5, 5.41) is 0.665. The van der Waals surface area contributed by atoms with Gasteiger partial charge in [0, 0.05) is 20.6 Å². The van der Waals surface area contributed by atoms with Crippen LogP contribution in [0.2, 0.25) is 5.02 Å². The Hall–Kier alpha value is -1.27. The van der Waals surface area contributed by atoms with Gasteiger partial charge in [-0.3, -0.25) is 4.79 Å². The first-order chi connectivity index (χ1) is 10.5. The van der Waals surface area contributed by atoms with E-state index >= 15 is 0 Å². The molecule has 2 rings (SSSR count). The van der Waals surface area contributed by atoms with Gasteiger partial charge in [-0.1, -0.05) is 30.7 Å². The largest absolute Gasteiger partial charge is 0.489 e. The molecule has 2 aromatic rings. The highest BCUT2D eigenvalue weighted by Crippen LogP contribution is 2.27. The molecule has 5 heteroatoms. The molecular formula is C17H16ClIO3. The number of carbonyl (C=O) groups excluding carboxylic acids is 1. The Balaban J connectivity index is 2.17. The monoisotopic (exact) mass is 430 g/mol. The summed E-state index contributed by atoms with van der Waals surface area (Å²) < 4.78 is 12.1. The maximum Gasteiger partial charge on any atom is 0.310 e. The molecule has 0 unspecified atom stereocenters. The van der Waals surface area contributed by atoms with Crippen molar-refractivity contribution in [1.29, 1.82) is 0 Å². The van der Waals surface area contributed by atoms with Crippen molar-refractivity contribution in [3.8, 4) is 11.5 Å². The first-order valence-corrected chi connectivity index (χ1v) is 8.34. The van der Waals surface area contributed by atoms with Crippen molar-refractivity contribution < 1.29 is 14.3 Å². The van der Waals surface area contributed by atoms with E-state index < -0.39 is 0 Å². The van der Waals surface area contributed by atoms with Gasteiger partial charge in [0.1, 0.15) is 18.1 Å². The minimum Gasteiger partial charge on any atom is -0.489 e. The number of rotatable bonds is 5. The number of aryl methyl sites for hydroxylation is 1. The van der Waals surface area contributed by atoms with Gasteiger partial charge in [-0.15, -0.1) is 0 Å². The Kier molecular flexibility index (Phi) is 6.08. The average molecular weight is 431 g/mol. The Bertz CT molecular complexity index is 686. The van der Waals surface area contributed by atoms with Crippen molar-refractivity contribution in [3.63, 3.8) is 0 Å². The number of ether oxygens (including phenoxy) is 2. The molecule has 0 N–H and O–H groups in total. The predicted molar refractivity (Wildman–Crippen MR) is 95.6 cm³/mol. The molecule has 0 amide bonds. The van der Waals surface area contributed by atoms with E-state index in [0.717, 1.165) is 14.7 Å². The van der Waals surface area contributed by atoms with E-state index in [1.165, 1.54) is 0 Å². The van der Waals surface area contributed by atoms with Gasteiger partial charge in [0.2, 0.25) is 0 Å². The van der Waals surface area contributed by atoms with Gasteiger partial charge in [0.25, 0.3) is 0 Å². The third kappa shape index (κ3) is 4.36. The van der Waals surface area contributed by atoms with Crippen LogP contribution in [0.25, 0.3) is 0 Å². The number of benzene rings is 2. The van der Waals surface area contributed by atoms with E-state index in [4.69, 9.17) is 21.1 Å². The summed E-state index contributed by atoms with van der Waals surface area (Å²) in [6.07, 6.45) is 0.333. The number of halogens is 2. The summed E-state index contributed by atoms with van der Waals surface area (Å²) in [5.74, 6) is 0.960. The first kappa shape index (κ1) is 17.1. The summed E-state index contributed by atoms with van der Waals surface area (Å²) in [6, 6.07) is 11.1. The molecule has 3 nitrogen and oxygen atoms in total. The maximum absolute atomic E-state index is 11.5. The molecule has 2 aromatic carbocycles. The minimum absolute atomic E-state index is 0.262. The van der Waals surface area contributed by atoms with Crippen molar-refractivity contribution >= 4 is 40.2 Å². The molecule has 22 heavy (non-hydrogen) atoms. The number of hydrogen-bond acceptors (Lipinski definition) is 3. The zero-order chi connectivity index (χ0) is 16.1. The maximum atomic E-state index is 11.5. The van der Waals surface area contributed by atoms with Crippen LogP contribution >= 0.6 is 34.2 Å². The van der Waals surface area contributed by atoms with Gasteiger partial charge in [-0.2, -0.15) is 0 Å². The second-order valence-corrected chi connectivity index (χ2v) is 6.31. The predicted octanol–water partition coefficient (Wildman–Crippen LogP) is 5.15. The summed E-state index contributed by atoms with van der Waals surface area (Å²) in [7, 11) is 0. The van der Waals surface area contributed by atoms with Crippen LogP contribution in [0, 0.1) is 10.5 Å². The van der Waals surface area contributed by atoms with Crippen LogP contribution in [0.1, 0.15) is 24.5 Å². The lowest BCUT2D eigenvalue weighted by Crippen LogP contribution is -2.09. The second-order valence-electron chi connectivity index (χ2n) is 4.74. The van der Waals surface area contributed by atoms with E-state index in [2.05, 4.69) is 22.6 Å². The van der Waals surface area contributed by atoms with Crippen molar-refractivity contribution in [3.05, 3.63) is 56.1 Å². The molecule has 0 bridgehead atoms. The quantitative estimate of drug-likeness (QED) is 0.374. The van der Waals surface area contributed by atoms with Crippen LogP contribution in [0.4, 0.5) is 0 Å². The van der Waals surface area contributed by atoms with Crippen LogP contribution in [-0.2, 0) is 11.4 Å². The summed E-state index contributed by atoms with van der Waals surface area (Å²) in [5.41, 5.74) is 1.85. The molecule has 0 heterocycles. The van der Waals surface area contributed by atoms with E-state index in [9.17, 15) is 4.79 Å². The zero-order valence-electron chi connectivity index (χ0n) is 12.4. The van der Waals surface area contributed by atoms with Crippen LogP contribution in [0.15, 0.2) is 36.4 Å². The third-order valence-electron chi connectivity index (χ3n) is 3.11. The zero-order valence-corrected chi connectivity index (χ0v) is 15.3. The Morgan fingerprint density at radius 2 is 2.05 bits per heavy atom. The van der Waals surface area contributed by atoms with Gasteiger partial charge in [-0.25, -0.2) is 0 Å². The van der Waals surface area contributed by atoms with E-state index in [1.807, 2.05) is 31.2 Å². The fraction of sp³-hybridized carbons (Fsp3) is 0.235. The van der Waals surface area contributed by atoms with Crippen molar-refractivity contribution in [1.82, 2.24) is 0 Å². The van der Waals surface area contributed by atoms with Gasteiger partial charge >= 0.3 is 5.97 Å². The molecule has 116 valence electrons. The van der Waals surface area contributed by atoms with Gasteiger partial charge in [0.15, 0.2) is 0 Å². The normalized spacial score (nSPS) is 10.4. The Morgan fingerprint density at radius 3 is 2.73 bits per heavy atom. The lowest BCUT2D eigenvalue weighted by molar-refractivity contribution is -0.134. The number of esters is 1. The van der Waals surface area contributed by atoms with Crippen LogP contribution in [0.3, 0.4) is 0 Å². The van der Waals surface area contributed by atoms with E-state index in [0.29, 0.717) is 29.5 Å². The average Bonchev–Trinajstić information content (AvgIpc) is 2.50. The van der Waals surface area contributed by atoms with Gasteiger partial charge in [0.05, 0.1) is 0 Å². The molecule has 0 aromatic heterocycles. The Labute approximate surface area is 148 Å². The molecule has 0 radical (unpaired) electrons. The van der Waals surface area contributed by atoms with Gasteiger partial charge in [-0.05, 0) is 59.3 Å². The molecule has 0 aliphatic heterocycles. The second kappa shape index (κ2) is 7.83. The molecule has 0 spiro atoms. The van der Waals surface area contributed by atoms with Crippen LogP contribution in [0.5, 0.6) is 11.5 Å². The summed E-state index contributed by atoms with van der Waals surface area (Å²) in [6.45, 7) is 4.01. The van der Waals surface area contributed by atoms with Crippen LogP contribution < -0.4 is 9.47 Å². The number of carbonyl (C=O) groups is 1. The van der Waals surface area contributed by atoms with Crippen molar-refractivity contribution in [2.75, 3.05) is 0 Å². The van der Waals surface area contributed by atoms with E-state index in [-0.39, 0.29) is 5.97 Å². The number of hydrogen-bond donors (Lipinski definition) is 0. The molecule has 0 aliphatic carbocycles.